The van der Waals surface area contributed by atoms with Crippen molar-refractivity contribution in [1.82, 2.24) is 9.88 Å². The van der Waals surface area contributed by atoms with E-state index < -0.39 is 11.1 Å². The fraction of sp³-hybridized carbons (Fsp3) is 0.609. The van der Waals surface area contributed by atoms with Gasteiger partial charge in [0.2, 0.25) is 0 Å². The molecule has 0 aliphatic carbocycles. The number of amides is 1. The summed E-state index contributed by atoms with van der Waals surface area (Å²) in [7, 11) is 0. The SMILES string of the molecule is Cc1[nH]c2cccc3c2c1CCN1C(=O)OC2(CC(C)(C)[NH2+]C(C)(C)C2)[C@@]31C. The number of aryl methyl sites for hydroxylation is 1. The molecule has 5 nitrogen and oxygen atoms in total. The maximum Gasteiger partial charge on any atom is 0.411 e. The monoisotopic (exact) mass is 382 g/mol. The topological polar surface area (TPSA) is 61.9 Å². The van der Waals surface area contributed by atoms with Gasteiger partial charge in [0.1, 0.15) is 5.54 Å². The molecule has 1 amide bonds. The summed E-state index contributed by atoms with van der Waals surface area (Å²) in [5.41, 5.74) is 3.96. The van der Waals surface area contributed by atoms with Crippen molar-refractivity contribution in [2.24, 2.45) is 0 Å². The molecule has 2 aromatic rings. The highest BCUT2D eigenvalue weighted by Crippen LogP contribution is 2.56. The highest BCUT2D eigenvalue weighted by Gasteiger charge is 2.69. The van der Waals surface area contributed by atoms with E-state index >= 15 is 0 Å². The fourth-order valence-corrected chi connectivity index (χ4v) is 6.95. The first-order valence-corrected chi connectivity index (χ1v) is 10.5. The van der Waals surface area contributed by atoms with E-state index in [0.29, 0.717) is 6.54 Å². The Morgan fingerprint density at radius 1 is 1.11 bits per heavy atom. The number of aromatic nitrogens is 1. The Morgan fingerprint density at radius 2 is 1.79 bits per heavy atom. The highest BCUT2D eigenvalue weighted by atomic mass is 16.6. The van der Waals surface area contributed by atoms with Crippen molar-refractivity contribution in [3.63, 3.8) is 0 Å². The minimum absolute atomic E-state index is 0.00184. The Hall–Kier alpha value is -2.01. The summed E-state index contributed by atoms with van der Waals surface area (Å²) in [6.07, 6.45) is 2.40. The van der Waals surface area contributed by atoms with Gasteiger partial charge in [-0.15, -0.1) is 0 Å². The van der Waals surface area contributed by atoms with Crippen LogP contribution in [0.25, 0.3) is 10.9 Å². The number of quaternary nitrogens is 1. The largest absolute Gasteiger partial charge is 0.439 e. The Balaban J connectivity index is 1.82. The summed E-state index contributed by atoms with van der Waals surface area (Å²) in [6, 6.07) is 6.49. The number of aromatic amines is 1. The molecule has 4 heterocycles. The second-order valence-electron chi connectivity index (χ2n) is 10.8. The van der Waals surface area contributed by atoms with Crippen LogP contribution in [0.4, 0.5) is 4.79 Å². The van der Waals surface area contributed by atoms with Gasteiger partial charge in [-0.25, -0.2) is 4.79 Å². The van der Waals surface area contributed by atoms with E-state index in [-0.39, 0.29) is 17.2 Å². The molecule has 3 aliphatic rings. The molecule has 3 N–H and O–H groups in total. The van der Waals surface area contributed by atoms with Crippen LogP contribution >= 0.6 is 0 Å². The predicted octanol–water partition coefficient (Wildman–Crippen LogP) is 3.35. The van der Waals surface area contributed by atoms with Crippen molar-refractivity contribution in [2.45, 2.75) is 83.0 Å². The number of carbonyl (C=O) groups excluding carboxylic acids is 1. The molecule has 1 aromatic carbocycles. The average Bonchev–Trinajstić information content (AvgIpc) is 2.88. The molecule has 1 aromatic heterocycles. The van der Waals surface area contributed by atoms with Crippen molar-refractivity contribution in [3.8, 4) is 0 Å². The van der Waals surface area contributed by atoms with Crippen LogP contribution in [0.5, 0.6) is 0 Å². The first-order chi connectivity index (χ1) is 13.0. The third-order valence-corrected chi connectivity index (χ3v) is 7.44. The zero-order valence-corrected chi connectivity index (χ0v) is 17.9. The van der Waals surface area contributed by atoms with Crippen molar-refractivity contribution in [1.29, 1.82) is 0 Å². The smallest absolute Gasteiger partial charge is 0.411 e. The third-order valence-electron chi connectivity index (χ3n) is 7.44. The second-order valence-corrected chi connectivity index (χ2v) is 10.8. The van der Waals surface area contributed by atoms with Crippen molar-refractivity contribution in [2.75, 3.05) is 6.54 Å². The Morgan fingerprint density at radius 3 is 2.46 bits per heavy atom. The highest BCUT2D eigenvalue weighted by molar-refractivity contribution is 5.91. The van der Waals surface area contributed by atoms with Gasteiger partial charge in [-0.3, -0.25) is 4.90 Å². The number of benzene rings is 1. The van der Waals surface area contributed by atoms with Crippen LogP contribution in [-0.2, 0) is 16.7 Å². The molecule has 28 heavy (non-hydrogen) atoms. The third kappa shape index (κ3) is 2.14. The van der Waals surface area contributed by atoms with Gasteiger partial charge >= 0.3 is 6.09 Å². The van der Waals surface area contributed by atoms with Crippen LogP contribution in [0.2, 0.25) is 0 Å². The number of nitrogens with zero attached hydrogens (tertiary/aromatic N) is 1. The lowest BCUT2D eigenvalue weighted by atomic mass is 9.62. The van der Waals surface area contributed by atoms with E-state index in [2.05, 4.69) is 70.0 Å². The number of nitrogens with one attached hydrogen (secondary N) is 1. The standard InChI is InChI=1S/C23H31N3O2/c1-14-15-10-11-26-19(27)28-23(12-20(2,3)25-21(4,5)13-23)22(26,6)16-8-7-9-17(24-14)18(15)16/h7-9,24-25H,10-13H2,1-6H3/p+1/t22-/m1/s1. The van der Waals surface area contributed by atoms with E-state index in [0.717, 1.165) is 19.3 Å². The number of fused-ring (bicyclic) bond motifs is 3. The van der Waals surface area contributed by atoms with E-state index in [1.807, 2.05) is 4.90 Å². The summed E-state index contributed by atoms with van der Waals surface area (Å²) in [5.74, 6) is 0. The van der Waals surface area contributed by atoms with Gasteiger partial charge in [0.05, 0.1) is 11.1 Å². The number of hydrogen-bond acceptors (Lipinski definition) is 2. The first-order valence-electron chi connectivity index (χ1n) is 10.5. The number of carbonyl (C=O) groups is 1. The lowest BCUT2D eigenvalue weighted by Gasteiger charge is -2.53. The molecule has 0 bridgehead atoms. The summed E-state index contributed by atoms with van der Waals surface area (Å²) in [6.45, 7) is 14.2. The van der Waals surface area contributed by atoms with Crippen LogP contribution in [0.15, 0.2) is 18.2 Å². The Kier molecular flexibility index (Phi) is 3.30. The zero-order valence-electron chi connectivity index (χ0n) is 17.9. The molecule has 3 aliphatic heterocycles. The molecule has 1 atom stereocenters. The quantitative estimate of drug-likeness (QED) is 0.734. The number of ether oxygens (including phenoxy) is 1. The lowest BCUT2D eigenvalue weighted by Crippen LogP contribution is -3.07. The number of rotatable bonds is 0. The minimum atomic E-state index is -0.535. The molecule has 5 rings (SSSR count). The predicted molar refractivity (Wildman–Crippen MR) is 109 cm³/mol. The molecule has 1 spiro atoms. The number of hydrogen-bond donors (Lipinski definition) is 2. The molecule has 0 unspecified atom stereocenters. The van der Waals surface area contributed by atoms with Crippen LogP contribution in [-0.4, -0.2) is 39.2 Å². The van der Waals surface area contributed by atoms with Gasteiger partial charge < -0.3 is 15.0 Å². The van der Waals surface area contributed by atoms with Crippen LogP contribution in [0.3, 0.4) is 0 Å². The van der Waals surface area contributed by atoms with Crippen molar-refractivity contribution < 1.29 is 14.8 Å². The maximum absolute atomic E-state index is 13.2. The summed E-state index contributed by atoms with van der Waals surface area (Å²) in [4.78, 5) is 18.8. The Labute approximate surface area is 166 Å². The molecule has 2 fully saturated rings. The van der Waals surface area contributed by atoms with Crippen molar-refractivity contribution >= 4 is 17.0 Å². The van der Waals surface area contributed by atoms with Gasteiger partial charge in [-0.05, 0) is 65.2 Å². The van der Waals surface area contributed by atoms with Crippen LogP contribution in [0, 0.1) is 6.92 Å². The number of H-pyrrole nitrogens is 1. The van der Waals surface area contributed by atoms with Gasteiger partial charge in [0, 0.05) is 36.0 Å². The van der Waals surface area contributed by atoms with Crippen LogP contribution in [0.1, 0.15) is 64.3 Å². The second kappa shape index (κ2) is 5.12. The van der Waals surface area contributed by atoms with Gasteiger partial charge in [0.15, 0.2) is 5.60 Å². The summed E-state index contributed by atoms with van der Waals surface area (Å²) in [5, 5.41) is 3.75. The molecular formula is C23H32N3O2+. The van der Waals surface area contributed by atoms with Gasteiger partial charge in [-0.2, -0.15) is 0 Å². The van der Waals surface area contributed by atoms with Crippen molar-refractivity contribution in [3.05, 3.63) is 35.0 Å². The Bertz CT molecular complexity index is 987. The van der Waals surface area contributed by atoms with E-state index in [4.69, 9.17) is 4.74 Å². The van der Waals surface area contributed by atoms with Gasteiger partial charge in [0.25, 0.3) is 0 Å². The fourth-order valence-electron chi connectivity index (χ4n) is 6.95. The molecular weight excluding hydrogens is 350 g/mol. The summed E-state index contributed by atoms with van der Waals surface area (Å²) < 4.78 is 6.38. The molecule has 5 heteroatoms. The maximum atomic E-state index is 13.2. The number of nitrogens with two attached hydrogens (primary N) is 1. The zero-order chi connectivity index (χ0) is 20.1. The first kappa shape index (κ1) is 18.0. The number of piperidine rings is 1. The molecule has 0 saturated carbocycles. The molecule has 0 radical (unpaired) electrons. The van der Waals surface area contributed by atoms with Gasteiger partial charge in [-0.1, -0.05) is 12.1 Å². The summed E-state index contributed by atoms with van der Waals surface area (Å²) >= 11 is 0. The van der Waals surface area contributed by atoms with E-state index in [9.17, 15) is 4.79 Å². The normalized spacial score (nSPS) is 29.6. The van der Waals surface area contributed by atoms with E-state index in [1.54, 1.807) is 0 Å². The molecule has 2 saturated heterocycles. The molecule has 150 valence electrons. The van der Waals surface area contributed by atoms with Crippen LogP contribution < -0.4 is 5.32 Å². The van der Waals surface area contributed by atoms with E-state index in [1.165, 1.54) is 27.7 Å². The lowest BCUT2D eigenvalue weighted by molar-refractivity contribution is -0.792. The minimum Gasteiger partial charge on any atom is -0.439 e. The average molecular weight is 383 g/mol.